The quantitative estimate of drug-likeness (QED) is 0.112. The summed E-state index contributed by atoms with van der Waals surface area (Å²) in [6.07, 6.45) is 5.65. The number of rotatable bonds is 12. The first kappa shape index (κ1) is 44.8. The van der Waals surface area contributed by atoms with Crippen molar-refractivity contribution in [2.45, 2.75) is 38.8 Å². The summed E-state index contributed by atoms with van der Waals surface area (Å²) in [7, 11) is -5.86. The van der Waals surface area contributed by atoms with Gasteiger partial charge in [0, 0.05) is 73.6 Å². The first-order chi connectivity index (χ1) is 31.5. The number of hydrogen-bond donors (Lipinski definition) is 3. The zero-order chi connectivity index (χ0) is 46.6. The van der Waals surface area contributed by atoms with Crippen LogP contribution in [-0.2, 0) is 39.8 Å². The molecule has 0 aliphatic heterocycles. The topological polar surface area (TPSA) is 200 Å². The maximum Gasteiger partial charge on any atom is 0.422 e. The fourth-order valence-corrected chi connectivity index (χ4v) is 9.31. The monoisotopic (exact) mass is 934 g/mol. The van der Waals surface area contributed by atoms with Crippen LogP contribution >= 0.6 is 0 Å². The summed E-state index contributed by atoms with van der Waals surface area (Å²) in [6, 6.07) is 29.1. The standard InChI is InChI=1S/C23H18F3N3O4S.C23H19N5O3S/c24-23(25,26)15-33-18-2-1-3-20(12-18)34(31,32)19-7-4-16(5-8-19)13-28-22(30)17-6-9-21-27-10-11-29(21)14-17;1-28-14-16-4-7-19(11-21(16)27-28)32(30,31)18-5-2-15(3-6-18)12-25-23(29)22-10-17-13-24-9-8-20(17)26-22/h1-12,14H,13,15H2,(H,28,30);2-11,13-14,26H,12H2,1H3,(H,25,29). The molecule has 5 heterocycles. The van der Waals surface area contributed by atoms with Gasteiger partial charge in [-0.1, -0.05) is 30.3 Å². The lowest BCUT2D eigenvalue weighted by molar-refractivity contribution is -0.153. The number of aromatic amines is 1. The number of hydrogen-bond acceptors (Lipinski definition) is 10. The highest BCUT2D eigenvalue weighted by molar-refractivity contribution is 7.91. The van der Waals surface area contributed by atoms with Crippen LogP contribution in [0.3, 0.4) is 0 Å². The number of aromatic nitrogens is 6. The second-order valence-corrected chi connectivity index (χ2v) is 18.7. The van der Waals surface area contributed by atoms with Crippen LogP contribution in [0.4, 0.5) is 13.2 Å². The van der Waals surface area contributed by atoms with Gasteiger partial charge in [-0.2, -0.15) is 18.3 Å². The second kappa shape index (κ2) is 18.3. The Bertz CT molecular complexity index is 3430. The Balaban J connectivity index is 0.000000180. The number of nitrogens with zero attached hydrogens (tertiary/aromatic N) is 5. The molecule has 5 aromatic heterocycles. The van der Waals surface area contributed by atoms with Crippen molar-refractivity contribution in [1.29, 1.82) is 0 Å². The van der Waals surface area contributed by atoms with Crippen molar-refractivity contribution < 1.29 is 44.3 Å². The van der Waals surface area contributed by atoms with Crippen molar-refractivity contribution in [3.63, 3.8) is 0 Å². The van der Waals surface area contributed by atoms with E-state index in [1.807, 2.05) is 6.20 Å². The molecule has 66 heavy (non-hydrogen) atoms. The molecule has 0 bridgehead atoms. The van der Waals surface area contributed by atoms with E-state index in [0.29, 0.717) is 28.0 Å². The highest BCUT2D eigenvalue weighted by Gasteiger charge is 2.29. The van der Waals surface area contributed by atoms with Gasteiger partial charge in [-0.05, 0) is 96.1 Å². The number of carbonyl (C=O) groups excluding carboxylic acids is 2. The van der Waals surface area contributed by atoms with E-state index in [1.54, 1.807) is 126 Å². The van der Waals surface area contributed by atoms with Gasteiger partial charge in [-0.25, -0.2) is 21.8 Å². The molecule has 336 valence electrons. The number of imidazole rings is 1. The van der Waals surface area contributed by atoms with Gasteiger partial charge >= 0.3 is 6.18 Å². The zero-order valence-electron chi connectivity index (χ0n) is 34.6. The van der Waals surface area contributed by atoms with Crippen molar-refractivity contribution in [2.24, 2.45) is 7.05 Å². The number of alkyl halides is 3. The van der Waals surface area contributed by atoms with Gasteiger partial charge in [0.1, 0.15) is 17.1 Å². The van der Waals surface area contributed by atoms with Gasteiger partial charge in [0.05, 0.1) is 30.7 Å². The SMILES string of the molecule is Cn1cc2ccc(S(=O)(=O)c3ccc(CNC(=O)c4cc5cnccc5[nH]4)cc3)cc2n1.O=C(NCc1ccc(S(=O)(=O)c2cccc(OCC(F)(F)F)c2)cc1)c1ccc2nccn2c1. The van der Waals surface area contributed by atoms with E-state index in [0.717, 1.165) is 27.9 Å². The van der Waals surface area contributed by atoms with Crippen LogP contribution in [0, 0.1) is 0 Å². The molecule has 0 saturated carbocycles. The van der Waals surface area contributed by atoms with Crippen molar-refractivity contribution >= 4 is 58.9 Å². The fraction of sp³-hybridized carbons (Fsp3) is 0.109. The molecule has 2 amide bonds. The average Bonchev–Trinajstić information content (AvgIpc) is 4.07. The first-order valence-electron chi connectivity index (χ1n) is 19.8. The number of ether oxygens (including phenoxy) is 1. The minimum absolute atomic E-state index is 0.0406. The zero-order valence-corrected chi connectivity index (χ0v) is 36.2. The smallest absolute Gasteiger partial charge is 0.422 e. The molecule has 0 aliphatic rings. The normalized spacial score (nSPS) is 11.9. The molecule has 0 aliphatic carbocycles. The molecule has 0 unspecified atom stereocenters. The third kappa shape index (κ3) is 10.2. The molecule has 0 atom stereocenters. The van der Waals surface area contributed by atoms with E-state index in [2.05, 4.69) is 35.4 Å². The maximum atomic E-state index is 13.0. The molecule has 20 heteroatoms. The van der Waals surface area contributed by atoms with E-state index >= 15 is 0 Å². The Labute approximate surface area is 374 Å². The summed E-state index contributed by atoms with van der Waals surface area (Å²) in [5, 5.41) is 11.6. The van der Waals surface area contributed by atoms with E-state index in [-0.39, 0.29) is 50.2 Å². The van der Waals surface area contributed by atoms with E-state index in [4.69, 9.17) is 0 Å². The third-order valence-electron chi connectivity index (χ3n) is 10.1. The number of amides is 2. The molecular formula is C46H37F3N8O7S2. The van der Waals surface area contributed by atoms with Crippen molar-refractivity contribution in [3.8, 4) is 5.75 Å². The lowest BCUT2D eigenvalue weighted by Gasteiger charge is -2.11. The van der Waals surface area contributed by atoms with Gasteiger partial charge in [-0.15, -0.1) is 0 Å². The third-order valence-corrected chi connectivity index (χ3v) is 13.6. The maximum absolute atomic E-state index is 13.0. The van der Waals surface area contributed by atoms with Crippen molar-refractivity contribution in [1.82, 2.24) is 39.8 Å². The van der Waals surface area contributed by atoms with Crippen molar-refractivity contribution in [3.05, 3.63) is 175 Å². The Morgan fingerprint density at radius 2 is 1.36 bits per heavy atom. The van der Waals surface area contributed by atoms with Crippen LogP contribution in [0.5, 0.6) is 5.75 Å². The number of aryl methyl sites for hydroxylation is 1. The number of sulfone groups is 2. The lowest BCUT2D eigenvalue weighted by Crippen LogP contribution is -2.23. The highest BCUT2D eigenvalue weighted by atomic mass is 32.2. The minimum Gasteiger partial charge on any atom is -0.484 e. The Hall–Kier alpha value is -7.84. The molecule has 3 N–H and O–H groups in total. The van der Waals surface area contributed by atoms with E-state index < -0.39 is 32.5 Å². The van der Waals surface area contributed by atoms with Gasteiger partial charge in [0.15, 0.2) is 6.61 Å². The molecule has 0 fully saturated rings. The van der Waals surface area contributed by atoms with Crippen LogP contribution in [0.25, 0.3) is 27.5 Å². The summed E-state index contributed by atoms with van der Waals surface area (Å²) < 4.78 is 96.9. The number of fused-ring (bicyclic) bond motifs is 3. The van der Waals surface area contributed by atoms with Gasteiger partial charge in [0.2, 0.25) is 19.7 Å². The molecule has 0 radical (unpaired) electrons. The Morgan fingerprint density at radius 3 is 2.03 bits per heavy atom. The number of carbonyl (C=O) groups is 2. The van der Waals surface area contributed by atoms with Gasteiger partial charge in [0.25, 0.3) is 11.8 Å². The van der Waals surface area contributed by atoms with Gasteiger partial charge < -0.3 is 24.8 Å². The molecule has 15 nitrogen and oxygen atoms in total. The second-order valence-electron chi connectivity index (χ2n) is 14.8. The molecule has 9 aromatic rings. The highest BCUT2D eigenvalue weighted by Crippen LogP contribution is 2.27. The predicted octanol–water partition coefficient (Wildman–Crippen LogP) is 7.25. The number of pyridine rings is 2. The summed E-state index contributed by atoms with van der Waals surface area (Å²) in [4.78, 5) is 36.2. The fourth-order valence-electron chi connectivity index (χ4n) is 6.74. The summed E-state index contributed by atoms with van der Waals surface area (Å²) in [5.41, 5.74) is 4.51. The molecule has 0 saturated heterocycles. The average molecular weight is 935 g/mol. The van der Waals surface area contributed by atoms with Crippen LogP contribution in [-0.4, -0.2) is 70.6 Å². The molecular weight excluding hydrogens is 898 g/mol. The lowest BCUT2D eigenvalue weighted by atomic mass is 10.2. The predicted molar refractivity (Wildman–Crippen MR) is 236 cm³/mol. The number of benzene rings is 4. The summed E-state index contributed by atoms with van der Waals surface area (Å²) >= 11 is 0. The molecule has 4 aromatic carbocycles. The summed E-state index contributed by atoms with van der Waals surface area (Å²) in [6.45, 7) is -1.08. The number of nitrogens with one attached hydrogen (secondary N) is 3. The Kier molecular flexibility index (Phi) is 12.4. The number of H-pyrrole nitrogens is 1. The Morgan fingerprint density at radius 1 is 0.712 bits per heavy atom. The first-order valence-corrected chi connectivity index (χ1v) is 22.8. The molecule has 0 spiro atoms. The largest absolute Gasteiger partial charge is 0.484 e. The van der Waals surface area contributed by atoms with E-state index in [9.17, 15) is 39.6 Å². The summed E-state index contributed by atoms with van der Waals surface area (Å²) in [5.74, 6) is -0.754. The van der Waals surface area contributed by atoms with Crippen LogP contribution in [0.1, 0.15) is 32.0 Å². The minimum atomic E-state index is -4.54. The van der Waals surface area contributed by atoms with Crippen LogP contribution in [0.15, 0.2) is 172 Å². The number of halogens is 3. The van der Waals surface area contributed by atoms with Crippen molar-refractivity contribution in [2.75, 3.05) is 6.61 Å². The van der Waals surface area contributed by atoms with Crippen LogP contribution < -0.4 is 15.4 Å². The van der Waals surface area contributed by atoms with Crippen LogP contribution in [0.2, 0.25) is 0 Å². The molecule has 9 rings (SSSR count). The van der Waals surface area contributed by atoms with Gasteiger partial charge in [-0.3, -0.25) is 19.3 Å². The van der Waals surface area contributed by atoms with E-state index in [1.165, 1.54) is 30.3 Å².